The molecular weight excluding hydrogens is 418 g/mol. The summed E-state index contributed by atoms with van der Waals surface area (Å²) >= 11 is 1.58. The number of methoxy groups -OCH3 is 3. The molecule has 1 N–H and O–H groups in total. The number of nitrogens with one attached hydrogen (secondary N) is 1. The quantitative estimate of drug-likeness (QED) is 0.310. The zero-order chi connectivity index (χ0) is 22.2. The molecule has 162 valence electrons. The Morgan fingerprint density at radius 3 is 2.35 bits per heavy atom. The summed E-state index contributed by atoms with van der Waals surface area (Å²) in [6, 6.07) is 10.8. The lowest BCUT2D eigenvalue weighted by Gasteiger charge is -2.12. The van der Waals surface area contributed by atoms with Crippen LogP contribution in [0.2, 0.25) is 0 Å². The molecule has 2 aromatic carbocycles. The molecule has 0 spiro atoms. The van der Waals surface area contributed by atoms with Crippen molar-refractivity contribution in [3.63, 3.8) is 0 Å². The van der Waals surface area contributed by atoms with Crippen LogP contribution in [-0.2, 0) is 12.8 Å². The topological polar surface area (TPSA) is 99.9 Å². The molecule has 1 amide bonds. The summed E-state index contributed by atoms with van der Waals surface area (Å²) in [4.78, 5) is 12.4. The van der Waals surface area contributed by atoms with Crippen molar-refractivity contribution in [2.75, 3.05) is 21.3 Å². The monoisotopic (exact) mass is 441 g/mol. The molecule has 0 unspecified atom stereocenters. The lowest BCUT2D eigenvalue weighted by atomic mass is 10.1. The van der Waals surface area contributed by atoms with Gasteiger partial charge in [0.25, 0.3) is 5.91 Å². The summed E-state index contributed by atoms with van der Waals surface area (Å²) in [6.45, 7) is 0. The van der Waals surface area contributed by atoms with E-state index in [9.17, 15) is 4.79 Å². The highest BCUT2D eigenvalue weighted by molar-refractivity contribution is 7.98. The van der Waals surface area contributed by atoms with Gasteiger partial charge in [0, 0.05) is 23.9 Å². The normalized spacial score (nSPS) is 10.8. The largest absolute Gasteiger partial charge is 0.493 e. The Morgan fingerprint density at radius 2 is 1.81 bits per heavy atom. The molecule has 0 saturated carbocycles. The average molecular weight is 442 g/mol. The molecule has 0 aliphatic rings. The molecule has 1 heterocycles. The predicted molar refractivity (Wildman–Crippen MR) is 118 cm³/mol. The summed E-state index contributed by atoms with van der Waals surface area (Å²) in [7, 11) is 6.51. The first-order valence-corrected chi connectivity index (χ1v) is 10.2. The highest BCUT2D eigenvalue weighted by atomic mass is 32.2. The van der Waals surface area contributed by atoms with Crippen LogP contribution in [0.25, 0.3) is 0 Å². The van der Waals surface area contributed by atoms with E-state index in [0.717, 1.165) is 16.5 Å². The van der Waals surface area contributed by atoms with Gasteiger partial charge in [-0.05, 0) is 29.8 Å². The number of hydrogen-bond acceptors (Lipinski definition) is 8. The molecule has 0 saturated heterocycles. The molecule has 0 fully saturated rings. The maximum absolute atomic E-state index is 12.4. The minimum Gasteiger partial charge on any atom is -0.493 e. The van der Waals surface area contributed by atoms with E-state index in [1.165, 1.54) is 27.5 Å². The lowest BCUT2D eigenvalue weighted by Crippen LogP contribution is -2.17. The molecule has 0 aliphatic heterocycles. The van der Waals surface area contributed by atoms with E-state index >= 15 is 0 Å². The summed E-state index contributed by atoms with van der Waals surface area (Å²) in [5.74, 6) is 1.92. The summed E-state index contributed by atoms with van der Waals surface area (Å²) in [6.07, 6.45) is 3.17. The van der Waals surface area contributed by atoms with Gasteiger partial charge < -0.3 is 18.8 Å². The fourth-order valence-electron chi connectivity index (χ4n) is 2.71. The van der Waals surface area contributed by atoms with Crippen molar-refractivity contribution >= 4 is 23.9 Å². The third-order valence-corrected chi connectivity index (χ3v) is 5.43. The average Bonchev–Trinajstić information content (AvgIpc) is 3.21. The number of carbonyl (C=O) groups excluding carboxylic acids is 1. The molecule has 0 aliphatic carbocycles. The van der Waals surface area contributed by atoms with Gasteiger partial charge in [-0.1, -0.05) is 23.9 Å². The van der Waals surface area contributed by atoms with Crippen LogP contribution in [0, 0.1) is 0 Å². The third kappa shape index (κ3) is 5.54. The number of benzene rings is 2. The molecular formula is C21H23N5O4S. The number of carbonyl (C=O) groups is 1. The zero-order valence-electron chi connectivity index (χ0n) is 17.7. The van der Waals surface area contributed by atoms with Crippen LogP contribution < -0.4 is 19.6 Å². The van der Waals surface area contributed by atoms with Crippen molar-refractivity contribution in [1.82, 2.24) is 20.2 Å². The first-order chi connectivity index (χ1) is 15.0. The highest BCUT2D eigenvalue weighted by Crippen LogP contribution is 2.37. The second-order valence-electron chi connectivity index (χ2n) is 6.37. The fourth-order valence-corrected chi connectivity index (χ4v) is 3.55. The smallest absolute Gasteiger partial charge is 0.271 e. The standard InChI is InChI=1S/C21H23N5O4S/c1-26-13-23-25-21(26)31-12-14-5-7-16(8-6-14)20(27)24-22-11-15-9-17(28-2)19(30-4)18(10-15)29-3/h5-11,13H,12H2,1-4H3,(H,24,27). The van der Waals surface area contributed by atoms with Crippen molar-refractivity contribution < 1.29 is 19.0 Å². The lowest BCUT2D eigenvalue weighted by molar-refractivity contribution is 0.0955. The fraction of sp³-hybridized carbons (Fsp3) is 0.238. The van der Waals surface area contributed by atoms with Gasteiger partial charge in [0.05, 0.1) is 27.5 Å². The number of aromatic nitrogens is 3. The van der Waals surface area contributed by atoms with E-state index < -0.39 is 0 Å². The molecule has 1 aromatic heterocycles. The van der Waals surface area contributed by atoms with Crippen molar-refractivity contribution in [3.05, 3.63) is 59.4 Å². The van der Waals surface area contributed by atoms with Crippen molar-refractivity contribution in [3.8, 4) is 17.2 Å². The van der Waals surface area contributed by atoms with E-state index in [0.29, 0.717) is 28.4 Å². The van der Waals surface area contributed by atoms with Crippen LogP contribution in [-0.4, -0.2) is 48.2 Å². The number of ether oxygens (including phenoxy) is 3. The summed E-state index contributed by atoms with van der Waals surface area (Å²) < 4.78 is 17.8. The number of thioether (sulfide) groups is 1. The Morgan fingerprint density at radius 1 is 1.13 bits per heavy atom. The van der Waals surface area contributed by atoms with Crippen LogP contribution >= 0.6 is 11.8 Å². The molecule has 10 heteroatoms. The maximum atomic E-state index is 12.4. The molecule has 3 aromatic rings. The van der Waals surface area contributed by atoms with Crippen LogP contribution in [0.1, 0.15) is 21.5 Å². The molecule has 3 rings (SSSR count). The van der Waals surface area contributed by atoms with Crippen molar-refractivity contribution in [2.45, 2.75) is 10.9 Å². The Balaban J connectivity index is 1.60. The minimum absolute atomic E-state index is 0.309. The van der Waals surface area contributed by atoms with Crippen LogP contribution in [0.15, 0.2) is 53.0 Å². The molecule has 0 atom stereocenters. The van der Waals surface area contributed by atoms with Gasteiger partial charge in [-0.15, -0.1) is 10.2 Å². The highest BCUT2D eigenvalue weighted by Gasteiger charge is 2.12. The molecule has 0 radical (unpaired) electrons. The van der Waals surface area contributed by atoms with Gasteiger partial charge in [0.2, 0.25) is 5.75 Å². The van der Waals surface area contributed by atoms with Crippen molar-refractivity contribution in [1.29, 1.82) is 0 Å². The van der Waals surface area contributed by atoms with E-state index in [2.05, 4.69) is 20.7 Å². The first kappa shape index (κ1) is 22.2. The number of amides is 1. The van der Waals surface area contributed by atoms with Crippen LogP contribution in [0.3, 0.4) is 0 Å². The summed E-state index contributed by atoms with van der Waals surface area (Å²) in [5.41, 5.74) is 4.79. The van der Waals surface area contributed by atoms with Crippen LogP contribution in [0.4, 0.5) is 0 Å². The first-order valence-electron chi connectivity index (χ1n) is 9.24. The third-order valence-electron chi connectivity index (χ3n) is 4.32. The summed E-state index contributed by atoms with van der Waals surface area (Å²) in [5, 5.41) is 12.8. The van der Waals surface area contributed by atoms with E-state index in [1.54, 1.807) is 42.4 Å². The number of aryl methyl sites for hydroxylation is 1. The molecule has 31 heavy (non-hydrogen) atoms. The van der Waals surface area contributed by atoms with Gasteiger partial charge in [-0.2, -0.15) is 5.10 Å². The molecule has 0 bridgehead atoms. The van der Waals surface area contributed by atoms with Gasteiger partial charge in [-0.3, -0.25) is 4.79 Å². The predicted octanol–water partition coefficient (Wildman–Crippen LogP) is 2.90. The Kier molecular flexibility index (Phi) is 7.50. The van der Waals surface area contributed by atoms with Gasteiger partial charge in [0.1, 0.15) is 6.33 Å². The Labute approximate surface area is 184 Å². The van der Waals surface area contributed by atoms with Gasteiger partial charge >= 0.3 is 0 Å². The van der Waals surface area contributed by atoms with E-state index in [-0.39, 0.29) is 5.91 Å². The van der Waals surface area contributed by atoms with Gasteiger partial charge in [-0.25, -0.2) is 5.43 Å². The SMILES string of the molecule is COc1cc(C=NNC(=O)c2ccc(CSc3nncn3C)cc2)cc(OC)c1OC. The second-order valence-corrected chi connectivity index (χ2v) is 7.31. The van der Waals surface area contributed by atoms with Crippen LogP contribution in [0.5, 0.6) is 17.2 Å². The number of rotatable bonds is 9. The zero-order valence-corrected chi connectivity index (χ0v) is 18.5. The molecule has 9 nitrogen and oxygen atoms in total. The van der Waals surface area contributed by atoms with E-state index in [1.807, 2.05) is 23.7 Å². The van der Waals surface area contributed by atoms with Gasteiger partial charge in [0.15, 0.2) is 16.7 Å². The number of hydrazone groups is 1. The van der Waals surface area contributed by atoms with E-state index in [4.69, 9.17) is 14.2 Å². The Bertz CT molecular complexity index is 1040. The maximum Gasteiger partial charge on any atom is 0.271 e. The number of nitrogens with zero attached hydrogens (tertiary/aromatic N) is 4. The second kappa shape index (κ2) is 10.5. The number of hydrogen-bond donors (Lipinski definition) is 1. The van der Waals surface area contributed by atoms with Crippen molar-refractivity contribution in [2.24, 2.45) is 12.1 Å². The Hall–Kier alpha value is -3.53. The minimum atomic E-state index is -0.309.